The van der Waals surface area contributed by atoms with Gasteiger partial charge in [0.1, 0.15) is 6.61 Å². The Balaban J connectivity index is 0.000000637. The molecule has 1 aliphatic heterocycles. The summed E-state index contributed by atoms with van der Waals surface area (Å²) < 4.78 is 7.01. The van der Waals surface area contributed by atoms with Gasteiger partial charge in [0.15, 0.2) is 5.69 Å². The van der Waals surface area contributed by atoms with Gasteiger partial charge < -0.3 is 9.84 Å². The lowest BCUT2D eigenvalue weighted by molar-refractivity contribution is 0.0684. The molecule has 1 aromatic carbocycles. The molecule has 1 unspecified atom stereocenters. The number of imidazole rings is 1. The minimum atomic E-state index is -0.991. The highest BCUT2D eigenvalue weighted by atomic mass is 16.5. The van der Waals surface area contributed by atoms with Crippen molar-refractivity contribution in [2.75, 3.05) is 6.61 Å². The lowest BCUT2D eigenvalue weighted by atomic mass is 10.1. The van der Waals surface area contributed by atoms with E-state index in [9.17, 15) is 4.79 Å². The van der Waals surface area contributed by atoms with Gasteiger partial charge in [0, 0.05) is 0 Å². The van der Waals surface area contributed by atoms with Gasteiger partial charge in [-0.2, -0.15) is 0 Å². The molecule has 2 heterocycles. The number of carboxylic acids is 1. The first-order valence-corrected chi connectivity index (χ1v) is 6.25. The SMILES string of the molecule is CC.O=C(O)c1cnc2n1C(c1ccccc1)CO2. The maximum absolute atomic E-state index is 11.1. The van der Waals surface area contributed by atoms with Crippen molar-refractivity contribution in [3.8, 4) is 6.01 Å². The van der Waals surface area contributed by atoms with Gasteiger partial charge in [-0.25, -0.2) is 9.78 Å². The summed E-state index contributed by atoms with van der Waals surface area (Å²) in [5, 5.41) is 9.09. The molecule has 1 atom stereocenters. The minimum Gasteiger partial charge on any atom is -0.477 e. The third-order valence-corrected chi connectivity index (χ3v) is 2.85. The van der Waals surface area contributed by atoms with Crippen LogP contribution in [0.5, 0.6) is 6.01 Å². The van der Waals surface area contributed by atoms with Crippen molar-refractivity contribution in [2.24, 2.45) is 0 Å². The van der Waals surface area contributed by atoms with Gasteiger partial charge in [-0.15, -0.1) is 0 Å². The van der Waals surface area contributed by atoms with E-state index in [4.69, 9.17) is 9.84 Å². The molecule has 3 rings (SSSR count). The topological polar surface area (TPSA) is 64.3 Å². The Labute approximate surface area is 111 Å². The number of hydrogen-bond donors (Lipinski definition) is 1. The van der Waals surface area contributed by atoms with Gasteiger partial charge in [-0.05, 0) is 5.56 Å². The van der Waals surface area contributed by atoms with Gasteiger partial charge in [0.2, 0.25) is 0 Å². The largest absolute Gasteiger partial charge is 0.477 e. The highest BCUT2D eigenvalue weighted by Gasteiger charge is 2.30. The van der Waals surface area contributed by atoms with Crippen LogP contribution in [-0.4, -0.2) is 27.2 Å². The maximum atomic E-state index is 11.1. The number of carboxylic acid groups (broad SMARTS) is 1. The number of ether oxygens (including phenoxy) is 1. The first-order chi connectivity index (χ1) is 9.27. The monoisotopic (exact) mass is 260 g/mol. The Hall–Kier alpha value is -2.30. The molecular formula is C14H16N2O3. The number of aromatic carboxylic acids is 1. The minimum absolute atomic E-state index is 0.111. The summed E-state index contributed by atoms with van der Waals surface area (Å²) in [6.45, 7) is 4.42. The molecule has 0 fully saturated rings. The van der Waals surface area contributed by atoms with E-state index in [1.165, 1.54) is 6.20 Å². The van der Waals surface area contributed by atoms with Crippen molar-refractivity contribution < 1.29 is 14.6 Å². The Morgan fingerprint density at radius 2 is 2.05 bits per heavy atom. The van der Waals surface area contributed by atoms with Crippen LogP contribution in [0.15, 0.2) is 36.5 Å². The van der Waals surface area contributed by atoms with E-state index in [2.05, 4.69) is 4.98 Å². The van der Waals surface area contributed by atoms with Gasteiger partial charge >= 0.3 is 5.97 Å². The van der Waals surface area contributed by atoms with Crippen LogP contribution in [0.25, 0.3) is 0 Å². The summed E-state index contributed by atoms with van der Waals surface area (Å²) in [5.74, 6) is -0.991. The fourth-order valence-corrected chi connectivity index (χ4v) is 2.06. The molecule has 5 heteroatoms. The van der Waals surface area contributed by atoms with Crippen LogP contribution >= 0.6 is 0 Å². The van der Waals surface area contributed by atoms with Gasteiger partial charge in [0.25, 0.3) is 6.01 Å². The molecule has 5 nitrogen and oxygen atoms in total. The molecule has 1 aromatic heterocycles. The smallest absolute Gasteiger partial charge is 0.354 e. The molecule has 0 spiro atoms. The molecule has 19 heavy (non-hydrogen) atoms. The molecule has 2 aromatic rings. The second-order valence-corrected chi connectivity index (χ2v) is 3.84. The van der Waals surface area contributed by atoms with E-state index in [-0.39, 0.29) is 11.7 Å². The number of rotatable bonds is 2. The molecule has 0 aliphatic carbocycles. The standard InChI is InChI=1S/C12H10N2O3.C2H6/c15-11(16)9-6-13-12-14(9)10(7-17-12)8-4-2-1-3-5-8;1-2/h1-6,10H,7H2,(H,15,16);1-2H3. The fraction of sp³-hybridized carbons (Fsp3) is 0.286. The molecule has 0 bridgehead atoms. The van der Waals surface area contributed by atoms with Crippen LogP contribution in [0, 0.1) is 0 Å². The Morgan fingerprint density at radius 3 is 2.68 bits per heavy atom. The number of benzene rings is 1. The summed E-state index contributed by atoms with van der Waals surface area (Å²) in [6.07, 6.45) is 1.33. The Bertz CT molecular complexity index is 563. The van der Waals surface area contributed by atoms with Crippen LogP contribution in [-0.2, 0) is 0 Å². The maximum Gasteiger partial charge on any atom is 0.354 e. The molecule has 0 saturated heterocycles. The predicted molar refractivity (Wildman–Crippen MR) is 70.6 cm³/mol. The van der Waals surface area contributed by atoms with Crippen LogP contribution in [0.2, 0.25) is 0 Å². The Morgan fingerprint density at radius 1 is 1.37 bits per heavy atom. The lowest BCUT2D eigenvalue weighted by Crippen LogP contribution is -2.14. The van der Waals surface area contributed by atoms with Crippen LogP contribution in [0.4, 0.5) is 0 Å². The van der Waals surface area contributed by atoms with E-state index in [0.29, 0.717) is 12.6 Å². The number of fused-ring (bicyclic) bond motifs is 1. The third-order valence-electron chi connectivity index (χ3n) is 2.85. The fourth-order valence-electron chi connectivity index (χ4n) is 2.06. The normalized spacial score (nSPS) is 16.0. The van der Waals surface area contributed by atoms with Gasteiger partial charge in [-0.3, -0.25) is 4.57 Å². The second-order valence-electron chi connectivity index (χ2n) is 3.84. The number of carbonyl (C=O) groups is 1. The number of aromatic nitrogens is 2. The van der Waals surface area contributed by atoms with Crippen molar-refractivity contribution in [3.05, 3.63) is 47.8 Å². The van der Waals surface area contributed by atoms with Crippen molar-refractivity contribution in [2.45, 2.75) is 19.9 Å². The van der Waals surface area contributed by atoms with Gasteiger partial charge in [0.05, 0.1) is 12.2 Å². The average Bonchev–Trinajstić information content (AvgIpc) is 3.02. The molecule has 0 saturated carbocycles. The average molecular weight is 260 g/mol. The van der Waals surface area contributed by atoms with Crippen molar-refractivity contribution in [3.63, 3.8) is 0 Å². The summed E-state index contributed by atoms with van der Waals surface area (Å²) in [7, 11) is 0. The van der Waals surface area contributed by atoms with Gasteiger partial charge in [-0.1, -0.05) is 44.2 Å². The van der Waals surface area contributed by atoms with E-state index < -0.39 is 5.97 Å². The Kier molecular flexibility index (Phi) is 3.85. The second kappa shape index (κ2) is 5.56. The molecule has 0 amide bonds. The van der Waals surface area contributed by atoms with Crippen molar-refractivity contribution >= 4 is 5.97 Å². The first-order valence-electron chi connectivity index (χ1n) is 6.25. The number of hydrogen-bond acceptors (Lipinski definition) is 3. The van der Waals surface area contributed by atoms with Crippen LogP contribution < -0.4 is 4.74 Å². The quantitative estimate of drug-likeness (QED) is 0.901. The van der Waals surface area contributed by atoms with Crippen molar-refractivity contribution in [1.82, 2.24) is 9.55 Å². The molecule has 0 radical (unpaired) electrons. The summed E-state index contributed by atoms with van der Waals surface area (Å²) in [4.78, 5) is 15.0. The number of nitrogens with zero attached hydrogens (tertiary/aromatic N) is 2. The predicted octanol–water partition coefficient (Wildman–Crippen LogP) is 2.59. The van der Waals surface area contributed by atoms with Crippen molar-refractivity contribution in [1.29, 1.82) is 0 Å². The zero-order chi connectivity index (χ0) is 13.8. The van der Waals surface area contributed by atoms with E-state index >= 15 is 0 Å². The summed E-state index contributed by atoms with van der Waals surface area (Å²) in [6, 6.07) is 9.93. The van der Waals surface area contributed by atoms with Crippen LogP contribution in [0.1, 0.15) is 35.9 Å². The molecule has 1 N–H and O–H groups in total. The molecule has 100 valence electrons. The highest BCUT2D eigenvalue weighted by molar-refractivity contribution is 5.86. The zero-order valence-corrected chi connectivity index (χ0v) is 10.9. The van der Waals surface area contributed by atoms with E-state index in [0.717, 1.165) is 5.56 Å². The highest BCUT2D eigenvalue weighted by Crippen LogP contribution is 2.31. The van der Waals surface area contributed by atoms with E-state index in [1.54, 1.807) is 4.57 Å². The third kappa shape index (κ3) is 2.31. The zero-order valence-electron chi connectivity index (χ0n) is 10.9. The molecule has 1 aliphatic rings. The summed E-state index contributed by atoms with van der Waals surface area (Å²) in [5.41, 5.74) is 1.18. The first kappa shape index (κ1) is 13.1. The lowest BCUT2D eigenvalue weighted by Gasteiger charge is -2.11. The summed E-state index contributed by atoms with van der Waals surface area (Å²) >= 11 is 0. The van der Waals surface area contributed by atoms with Crippen LogP contribution in [0.3, 0.4) is 0 Å². The molecular weight excluding hydrogens is 244 g/mol. The van der Waals surface area contributed by atoms with E-state index in [1.807, 2.05) is 44.2 Å².